The third-order valence-corrected chi connectivity index (χ3v) is 6.08. The van der Waals surface area contributed by atoms with Crippen LogP contribution in [-0.4, -0.2) is 19.0 Å². The predicted molar refractivity (Wildman–Crippen MR) is 91.8 cm³/mol. The molecule has 2 rings (SSSR count). The second kappa shape index (κ2) is 6.60. The number of rotatable bonds is 4. The van der Waals surface area contributed by atoms with Crippen molar-refractivity contribution in [2.24, 2.45) is 11.8 Å². The number of hydrogen-bond donors (Lipinski definition) is 0. The van der Waals surface area contributed by atoms with Crippen LogP contribution in [0.15, 0.2) is 18.2 Å². The molecule has 1 aliphatic rings. The highest BCUT2D eigenvalue weighted by Crippen LogP contribution is 2.47. The summed E-state index contributed by atoms with van der Waals surface area (Å²) < 4.78 is 10.9. The number of methoxy groups -OCH3 is 2. The zero-order valence-corrected chi connectivity index (χ0v) is 15.4. The molecule has 21 heavy (non-hydrogen) atoms. The summed E-state index contributed by atoms with van der Waals surface area (Å²) in [5, 5.41) is 0. The van der Waals surface area contributed by atoms with Crippen molar-refractivity contribution in [1.29, 1.82) is 0 Å². The molecule has 1 saturated carbocycles. The maximum absolute atomic E-state index is 5.63. The van der Waals surface area contributed by atoms with Gasteiger partial charge >= 0.3 is 0 Å². The fraction of sp³-hybridized carbons (Fsp3) is 0.667. The molecule has 1 aliphatic carbocycles. The second-order valence-electron chi connectivity index (χ2n) is 6.83. The summed E-state index contributed by atoms with van der Waals surface area (Å²) in [6, 6.07) is 6.19. The van der Waals surface area contributed by atoms with E-state index >= 15 is 0 Å². The Morgan fingerprint density at radius 2 is 1.86 bits per heavy atom. The Bertz CT molecular complexity index is 484. The number of ether oxygens (including phenoxy) is 2. The van der Waals surface area contributed by atoms with Gasteiger partial charge in [-0.05, 0) is 36.2 Å². The highest BCUT2D eigenvalue weighted by atomic mass is 79.9. The first-order chi connectivity index (χ1) is 9.90. The molecular weight excluding hydrogens is 328 g/mol. The molecule has 0 amide bonds. The van der Waals surface area contributed by atoms with Crippen LogP contribution in [0, 0.1) is 11.8 Å². The SMILES string of the molecule is COc1ccc(C(C)(C)C2CCC(C)CC2Br)c(OC)c1. The summed E-state index contributed by atoms with van der Waals surface area (Å²) in [6.07, 6.45) is 3.83. The van der Waals surface area contributed by atoms with E-state index < -0.39 is 0 Å². The van der Waals surface area contributed by atoms with E-state index in [1.807, 2.05) is 12.1 Å². The van der Waals surface area contributed by atoms with Gasteiger partial charge in [-0.15, -0.1) is 0 Å². The Morgan fingerprint density at radius 3 is 2.43 bits per heavy atom. The van der Waals surface area contributed by atoms with E-state index in [1.54, 1.807) is 14.2 Å². The van der Waals surface area contributed by atoms with Crippen molar-refractivity contribution in [2.75, 3.05) is 14.2 Å². The second-order valence-corrected chi connectivity index (χ2v) is 8.00. The van der Waals surface area contributed by atoms with Crippen LogP contribution in [0.25, 0.3) is 0 Å². The minimum absolute atomic E-state index is 0.0753. The highest BCUT2D eigenvalue weighted by Gasteiger charge is 2.40. The summed E-state index contributed by atoms with van der Waals surface area (Å²) in [6.45, 7) is 7.03. The summed E-state index contributed by atoms with van der Waals surface area (Å²) in [7, 11) is 3.43. The monoisotopic (exact) mass is 354 g/mol. The number of alkyl halides is 1. The summed E-state index contributed by atoms with van der Waals surface area (Å²) >= 11 is 3.94. The van der Waals surface area contributed by atoms with Crippen LogP contribution >= 0.6 is 15.9 Å². The standard InChI is InChI=1S/C18H27BrO2/c1-12-6-8-14(16(19)10-12)18(2,3)15-9-7-13(20-4)11-17(15)21-5/h7,9,11-12,14,16H,6,8,10H2,1-5H3. The van der Waals surface area contributed by atoms with E-state index in [0.717, 1.165) is 17.4 Å². The van der Waals surface area contributed by atoms with Crippen molar-refractivity contribution < 1.29 is 9.47 Å². The quantitative estimate of drug-likeness (QED) is 0.693. The zero-order valence-electron chi connectivity index (χ0n) is 13.8. The normalized spacial score (nSPS) is 26.5. The van der Waals surface area contributed by atoms with Crippen molar-refractivity contribution in [3.05, 3.63) is 23.8 Å². The molecule has 1 fully saturated rings. The molecule has 2 nitrogen and oxygen atoms in total. The van der Waals surface area contributed by atoms with E-state index in [1.165, 1.54) is 24.8 Å². The van der Waals surface area contributed by atoms with Crippen molar-refractivity contribution in [3.63, 3.8) is 0 Å². The lowest BCUT2D eigenvalue weighted by Gasteiger charge is -2.43. The molecule has 118 valence electrons. The van der Waals surface area contributed by atoms with Crippen LogP contribution < -0.4 is 9.47 Å². The Morgan fingerprint density at radius 1 is 1.14 bits per heavy atom. The van der Waals surface area contributed by atoms with Gasteiger partial charge in [0.25, 0.3) is 0 Å². The first-order valence-corrected chi connectivity index (χ1v) is 8.68. The molecule has 3 atom stereocenters. The maximum atomic E-state index is 5.63. The van der Waals surface area contributed by atoms with E-state index in [2.05, 4.69) is 42.8 Å². The molecule has 0 bridgehead atoms. The molecule has 0 aliphatic heterocycles. The maximum Gasteiger partial charge on any atom is 0.126 e. The van der Waals surface area contributed by atoms with Crippen molar-refractivity contribution in [2.45, 2.75) is 50.3 Å². The Kier molecular flexibility index (Phi) is 5.24. The molecule has 0 N–H and O–H groups in total. The molecule has 0 radical (unpaired) electrons. The van der Waals surface area contributed by atoms with Crippen molar-refractivity contribution in [1.82, 2.24) is 0 Å². The molecule has 3 unspecified atom stereocenters. The Labute approximate surface area is 137 Å². The van der Waals surface area contributed by atoms with Crippen LogP contribution in [-0.2, 0) is 5.41 Å². The van der Waals surface area contributed by atoms with Gasteiger partial charge in [0.15, 0.2) is 0 Å². The van der Waals surface area contributed by atoms with Gasteiger partial charge in [-0.25, -0.2) is 0 Å². The molecule has 1 aromatic rings. The lowest BCUT2D eigenvalue weighted by molar-refractivity contribution is 0.210. The number of hydrogen-bond acceptors (Lipinski definition) is 2. The third-order valence-electron chi connectivity index (χ3n) is 5.06. The smallest absolute Gasteiger partial charge is 0.126 e. The van der Waals surface area contributed by atoms with Gasteiger partial charge in [0.1, 0.15) is 11.5 Å². The van der Waals surface area contributed by atoms with Crippen LogP contribution in [0.4, 0.5) is 0 Å². The lowest BCUT2D eigenvalue weighted by Crippen LogP contribution is -2.38. The first kappa shape index (κ1) is 16.7. The molecule has 0 aromatic heterocycles. The first-order valence-electron chi connectivity index (χ1n) is 7.76. The van der Waals surface area contributed by atoms with E-state index in [0.29, 0.717) is 10.7 Å². The van der Waals surface area contributed by atoms with Crippen molar-refractivity contribution in [3.8, 4) is 11.5 Å². The van der Waals surface area contributed by atoms with Crippen LogP contribution in [0.5, 0.6) is 11.5 Å². The van der Waals surface area contributed by atoms with Gasteiger partial charge in [-0.3, -0.25) is 0 Å². The molecule has 0 heterocycles. The largest absolute Gasteiger partial charge is 0.497 e. The number of benzene rings is 1. The van der Waals surface area contributed by atoms with Gasteiger partial charge in [0, 0.05) is 16.5 Å². The van der Waals surface area contributed by atoms with E-state index in [4.69, 9.17) is 9.47 Å². The topological polar surface area (TPSA) is 18.5 Å². The summed E-state index contributed by atoms with van der Waals surface area (Å²) in [4.78, 5) is 0.572. The van der Waals surface area contributed by atoms with Crippen molar-refractivity contribution >= 4 is 15.9 Å². The van der Waals surface area contributed by atoms with Crippen LogP contribution in [0.2, 0.25) is 0 Å². The van der Waals surface area contributed by atoms with Gasteiger partial charge in [0.05, 0.1) is 14.2 Å². The van der Waals surface area contributed by atoms with E-state index in [9.17, 15) is 0 Å². The van der Waals surface area contributed by atoms with Crippen LogP contribution in [0.3, 0.4) is 0 Å². The zero-order chi connectivity index (χ0) is 15.6. The van der Waals surface area contributed by atoms with Gasteiger partial charge < -0.3 is 9.47 Å². The highest BCUT2D eigenvalue weighted by molar-refractivity contribution is 9.09. The molecule has 1 aromatic carbocycles. The Hall–Kier alpha value is -0.700. The fourth-order valence-electron chi connectivity index (χ4n) is 3.65. The molecule has 0 saturated heterocycles. The van der Waals surface area contributed by atoms with E-state index in [-0.39, 0.29) is 5.41 Å². The third kappa shape index (κ3) is 3.39. The van der Waals surface area contributed by atoms with Gasteiger partial charge in [-0.2, -0.15) is 0 Å². The minimum atomic E-state index is 0.0753. The molecular formula is C18H27BrO2. The average molecular weight is 355 g/mol. The summed E-state index contributed by atoms with van der Waals surface area (Å²) in [5.74, 6) is 3.21. The van der Waals surface area contributed by atoms with Crippen LogP contribution in [0.1, 0.15) is 45.6 Å². The minimum Gasteiger partial charge on any atom is -0.497 e. The average Bonchev–Trinajstić information content (AvgIpc) is 2.46. The molecule has 3 heteroatoms. The fourth-order valence-corrected chi connectivity index (χ4v) is 5.22. The van der Waals surface area contributed by atoms with Gasteiger partial charge in [-0.1, -0.05) is 49.2 Å². The Balaban J connectivity index is 2.34. The van der Waals surface area contributed by atoms with Gasteiger partial charge in [0.2, 0.25) is 0 Å². The number of halogens is 1. The molecule has 0 spiro atoms. The lowest BCUT2D eigenvalue weighted by atomic mass is 9.65. The predicted octanol–water partition coefficient (Wildman–Crippen LogP) is 5.18. The summed E-state index contributed by atoms with van der Waals surface area (Å²) in [5.41, 5.74) is 1.35.